The topological polar surface area (TPSA) is 54.6 Å². The van der Waals surface area contributed by atoms with Crippen LogP contribution in [-0.4, -0.2) is 18.3 Å². The van der Waals surface area contributed by atoms with Gasteiger partial charge in [0.2, 0.25) is 0 Å². The van der Waals surface area contributed by atoms with E-state index in [0.717, 1.165) is 5.76 Å². The first-order valence-electron chi connectivity index (χ1n) is 6.56. The third kappa shape index (κ3) is 4.54. The highest BCUT2D eigenvalue weighted by Crippen LogP contribution is 2.20. The highest BCUT2D eigenvalue weighted by molar-refractivity contribution is 5.28. The van der Waals surface area contributed by atoms with Crippen LogP contribution in [0.5, 0.6) is 5.75 Å². The SMILES string of the molecule is CC(NCC(O)c1ccc(OC(F)F)cc1)c1ccco1. The van der Waals surface area contributed by atoms with Crippen molar-refractivity contribution in [3.8, 4) is 5.75 Å². The molecular weight excluding hydrogens is 280 g/mol. The van der Waals surface area contributed by atoms with Crippen LogP contribution >= 0.6 is 0 Å². The highest BCUT2D eigenvalue weighted by atomic mass is 19.3. The molecule has 2 unspecified atom stereocenters. The second-order valence-electron chi connectivity index (χ2n) is 4.61. The van der Waals surface area contributed by atoms with E-state index in [4.69, 9.17) is 4.42 Å². The zero-order valence-corrected chi connectivity index (χ0v) is 11.5. The molecule has 0 radical (unpaired) electrons. The van der Waals surface area contributed by atoms with Crippen LogP contribution in [0, 0.1) is 0 Å². The van der Waals surface area contributed by atoms with Crippen LogP contribution in [0.1, 0.15) is 30.4 Å². The zero-order chi connectivity index (χ0) is 15.2. The van der Waals surface area contributed by atoms with Crippen LogP contribution in [0.4, 0.5) is 8.78 Å². The number of hydrogen-bond donors (Lipinski definition) is 2. The normalized spacial score (nSPS) is 14.1. The fourth-order valence-corrected chi connectivity index (χ4v) is 1.92. The lowest BCUT2D eigenvalue weighted by Gasteiger charge is -2.16. The predicted molar refractivity (Wildman–Crippen MR) is 73.2 cm³/mol. The largest absolute Gasteiger partial charge is 0.468 e. The van der Waals surface area contributed by atoms with Gasteiger partial charge in [0.05, 0.1) is 18.4 Å². The maximum Gasteiger partial charge on any atom is 0.387 e. The molecule has 0 amide bonds. The number of furan rings is 1. The first kappa shape index (κ1) is 15.5. The van der Waals surface area contributed by atoms with Gasteiger partial charge in [-0.05, 0) is 36.8 Å². The van der Waals surface area contributed by atoms with E-state index in [1.165, 1.54) is 12.1 Å². The lowest BCUT2D eigenvalue weighted by atomic mass is 10.1. The summed E-state index contributed by atoms with van der Waals surface area (Å²) in [6.07, 6.45) is 0.842. The number of nitrogens with one attached hydrogen (secondary N) is 1. The smallest absolute Gasteiger partial charge is 0.387 e. The minimum Gasteiger partial charge on any atom is -0.468 e. The molecule has 2 aromatic rings. The van der Waals surface area contributed by atoms with Crippen LogP contribution in [0.25, 0.3) is 0 Å². The van der Waals surface area contributed by atoms with Gasteiger partial charge < -0.3 is 19.6 Å². The van der Waals surface area contributed by atoms with Gasteiger partial charge in [-0.3, -0.25) is 0 Å². The average molecular weight is 297 g/mol. The molecule has 0 saturated carbocycles. The van der Waals surface area contributed by atoms with Crippen molar-refractivity contribution in [1.82, 2.24) is 5.32 Å². The van der Waals surface area contributed by atoms with E-state index in [0.29, 0.717) is 12.1 Å². The van der Waals surface area contributed by atoms with E-state index in [-0.39, 0.29) is 11.8 Å². The van der Waals surface area contributed by atoms with Crippen LogP contribution in [0.15, 0.2) is 47.1 Å². The van der Waals surface area contributed by atoms with Gasteiger partial charge in [0.1, 0.15) is 11.5 Å². The summed E-state index contributed by atoms with van der Waals surface area (Å²) in [4.78, 5) is 0. The fraction of sp³-hybridized carbons (Fsp3) is 0.333. The third-order valence-electron chi connectivity index (χ3n) is 3.08. The van der Waals surface area contributed by atoms with Crippen molar-refractivity contribution in [2.75, 3.05) is 6.54 Å². The van der Waals surface area contributed by atoms with Gasteiger partial charge in [-0.2, -0.15) is 8.78 Å². The first-order valence-corrected chi connectivity index (χ1v) is 6.56. The molecule has 114 valence electrons. The van der Waals surface area contributed by atoms with Gasteiger partial charge in [-0.1, -0.05) is 12.1 Å². The fourth-order valence-electron chi connectivity index (χ4n) is 1.92. The molecule has 0 aliphatic carbocycles. The molecule has 1 aromatic heterocycles. The summed E-state index contributed by atoms with van der Waals surface area (Å²) in [5.74, 6) is 0.848. The maximum absolute atomic E-state index is 12.0. The molecule has 0 aliphatic heterocycles. The van der Waals surface area contributed by atoms with E-state index in [2.05, 4.69) is 10.1 Å². The van der Waals surface area contributed by atoms with E-state index in [1.807, 2.05) is 13.0 Å². The molecule has 0 bridgehead atoms. The molecular formula is C15H17F2NO3. The molecule has 0 fully saturated rings. The van der Waals surface area contributed by atoms with Crippen molar-refractivity contribution < 1.29 is 23.0 Å². The number of aliphatic hydroxyl groups excluding tert-OH is 1. The van der Waals surface area contributed by atoms with Crippen LogP contribution < -0.4 is 10.1 Å². The summed E-state index contributed by atoms with van der Waals surface area (Å²) in [5.41, 5.74) is 0.621. The van der Waals surface area contributed by atoms with Crippen molar-refractivity contribution in [3.63, 3.8) is 0 Å². The Morgan fingerprint density at radius 1 is 1.24 bits per heavy atom. The van der Waals surface area contributed by atoms with Crippen LogP contribution in [0.2, 0.25) is 0 Å². The van der Waals surface area contributed by atoms with Gasteiger partial charge in [-0.15, -0.1) is 0 Å². The summed E-state index contributed by atoms with van der Waals surface area (Å²) in [5, 5.41) is 13.2. The Morgan fingerprint density at radius 3 is 2.52 bits per heavy atom. The molecule has 0 saturated heterocycles. The Labute approximate surface area is 121 Å². The lowest BCUT2D eigenvalue weighted by molar-refractivity contribution is -0.0498. The minimum atomic E-state index is -2.85. The Kier molecular flexibility index (Phi) is 5.30. The second-order valence-corrected chi connectivity index (χ2v) is 4.61. The number of alkyl halides is 2. The van der Waals surface area contributed by atoms with Gasteiger partial charge in [0, 0.05) is 6.54 Å². The number of ether oxygens (including phenoxy) is 1. The Balaban J connectivity index is 1.86. The molecule has 4 nitrogen and oxygen atoms in total. The minimum absolute atomic E-state index is 0.0314. The average Bonchev–Trinajstić information content (AvgIpc) is 2.99. The van der Waals surface area contributed by atoms with E-state index in [9.17, 15) is 13.9 Å². The molecule has 1 heterocycles. The second kappa shape index (κ2) is 7.19. The van der Waals surface area contributed by atoms with Crippen molar-refractivity contribution in [2.24, 2.45) is 0 Å². The van der Waals surface area contributed by atoms with Gasteiger partial charge in [0.15, 0.2) is 0 Å². The number of halogens is 2. The molecule has 0 aliphatic rings. The number of hydrogen-bond acceptors (Lipinski definition) is 4. The standard InChI is InChI=1S/C15H17F2NO3/c1-10(14-3-2-8-20-14)18-9-13(19)11-4-6-12(7-5-11)21-15(16)17/h2-8,10,13,15,18-19H,9H2,1H3. The Morgan fingerprint density at radius 2 is 1.95 bits per heavy atom. The molecule has 2 atom stereocenters. The van der Waals surface area contributed by atoms with Crippen LogP contribution in [0.3, 0.4) is 0 Å². The van der Waals surface area contributed by atoms with Crippen molar-refractivity contribution in [3.05, 3.63) is 54.0 Å². The van der Waals surface area contributed by atoms with E-state index in [1.54, 1.807) is 24.5 Å². The van der Waals surface area contributed by atoms with E-state index >= 15 is 0 Å². The van der Waals surface area contributed by atoms with Gasteiger partial charge in [0.25, 0.3) is 0 Å². The number of aliphatic hydroxyl groups is 1. The summed E-state index contributed by atoms with van der Waals surface area (Å²) in [7, 11) is 0. The maximum atomic E-state index is 12.0. The van der Waals surface area contributed by atoms with Crippen molar-refractivity contribution in [2.45, 2.75) is 25.7 Å². The highest BCUT2D eigenvalue weighted by Gasteiger charge is 2.12. The summed E-state index contributed by atoms with van der Waals surface area (Å²) >= 11 is 0. The molecule has 0 spiro atoms. The number of benzene rings is 1. The van der Waals surface area contributed by atoms with Crippen LogP contribution in [-0.2, 0) is 0 Å². The van der Waals surface area contributed by atoms with E-state index < -0.39 is 12.7 Å². The first-order chi connectivity index (χ1) is 10.1. The van der Waals surface area contributed by atoms with Crippen molar-refractivity contribution in [1.29, 1.82) is 0 Å². The third-order valence-corrected chi connectivity index (χ3v) is 3.08. The molecule has 21 heavy (non-hydrogen) atoms. The molecule has 2 N–H and O–H groups in total. The van der Waals surface area contributed by atoms with Gasteiger partial charge >= 0.3 is 6.61 Å². The van der Waals surface area contributed by atoms with Crippen molar-refractivity contribution >= 4 is 0 Å². The Bertz CT molecular complexity index is 528. The monoisotopic (exact) mass is 297 g/mol. The Hall–Kier alpha value is -1.92. The molecule has 6 heteroatoms. The molecule has 2 rings (SSSR count). The van der Waals surface area contributed by atoms with Gasteiger partial charge in [-0.25, -0.2) is 0 Å². The summed E-state index contributed by atoms with van der Waals surface area (Å²) in [6, 6.07) is 9.53. The quantitative estimate of drug-likeness (QED) is 0.823. The zero-order valence-electron chi connectivity index (χ0n) is 11.5. The summed E-state index contributed by atoms with van der Waals surface area (Å²) in [6.45, 7) is -0.612. The lowest BCUT2D eigenvalue weighted by Crippen LogP contribution is -2.24. The number of rotatable bonds is 7. The molecule has 1 aromatic carbocycles. The summed E-state index contributed by atoms with van der Waals surface area (Å²) < 4.78 is 33.6. The predicted octanol–water partition coefficient (Wildman–Crippen LogP) is 3.27.